The number of benzene rings is 1. The quantitative estimate of drug-likeness (QED) is 0.838. The fourth-order valence-corrected chi connectivity index (χ4v) is 2.58. The van der Waals surface area contributed by atoms with Gasteiger partial charge in [-0.05, 0) is 24.1 Å². The first-order valence-corrected chi connectivity index (χ1v) is 8.25. The Kier molecular flexibility index (Phi) is 4.94. The lowest BCUT2D eigenvalue weighted by molar-refractivity contribution is 0.397. The van der Waals surface area contributed by atoms with E-state index in [4.69, 9.17) is 9.88 Å². The van der Waals surface area contributed by atoms with Crippen molar-refractivity contribution in [2.75, 3.05) is 12.4 Å². The van der Waals surface area contributed by atoms with Crippen molar-refractivity contribution in [2.45, 2.75) is 24.3 Å². The first-order valence-electron chi connectivity index (χ1n) is 6.70. The summed E-state index contributed by atoms with van der Waals surface area (Å²) in [6.07, 6.45) is 2.30. The largest absolute Gasteiger partial charge is 0.481 e. The molecule has 0 radical (unpaired) electrons. The number of hydrogen-bond acceptors (Lipinski definition) is 6. The molecule has 0 spiro atoms. The second-order valence-corrected chi connectivity index (χ2v) is 6.21. The number of primary sulfonamides is 1. The van der Waals surface area contributed by atoms with E-state index < -0.39 is 10.0 Å². The monoisotopic (exact) mass is 322 g/mol. The smallest absolute Gasteiger partial charge is 0.238 e. The highest BCUT2D eigenvalue weighted by Gasteiger charge is 2.14. The Bertz CT molecular complexity index is 749. The highest BCUT2D eigenvalue weighted by Crippen LogP contribution is 2.23. The number of nitrogens with zero attached hydrogens (tertiary/aromatic N) is 2. The molecule has 0 fully saturated rings. The molecule has 2 rings (SSSR count). The molecule has 0 saturated heterocycles. The number of sulfonamides is 1. The van der Waals surface area contributed by atoms with E-state index in [1.54, 1.807) is 24.4 Å². The van der Waals surface area contributed by atoms with Crippen LogP contribution in [0.15, 0.2) is 41.4 Å². The topological polar surface area (TPSA) is 107 Å². The third-order valence-electron chi connectivity index (χ3n) is 3.14. The third-order valence-corrected chi connectivity index (χ3v) is 4.05. The Morgan fingerprint density at radius 1 is 1.36 bits per heavy atom. The van der Waals surface area contributed by atoms with E-state index in [9.17, 15) is 8.42 Å². The zero-order chi connectivity index (χ0) is 16.2. The van der Waals surface area contributed by atoms with Crippen LogP contribution in [0.3, 0.4) is 0 Å². The minimum atomic E-state index is -3.73. The molecule has 0 amide bonds. The summed E-state index contributed by atoms with van der Waals surface area (Å²) >= 11 is 0. The Labute approximate surface area is 129 Å². The second kappa shape index (κ2) is 6.71. The first kappa shape index (κ1) is 16.2. The average molecular weight is 322 g/mol. The molecule has 1 aromatic heterocycles. The van der Waals surface area contributed by atoms with Crippen molar-refractivity contribution >= 4 is 16.0 Å². The van der Waals surface area contributed by atoms with Crippen molar-refractivity contribution in [3.8, 4) is 5.88 Å². The molecular formula is C14H18N4O3S. The summed E-state index contributed by atoms with van der Waals surface area (Å²) in [5.41, 5.74) is 0.792. The van der Waals surface area contributed by atoms with Gasteiger partial charge in [0.05, 0.1) is 18.0 Å². The summed E-state index contributed by atoms with van der Waals surface area (Å²) in [6.45, 7) is 1.97. The number of methoxy groups -OCH3 is 1. The van der Waals surface area contributed by atoms with E-state index in [0.717, 1.165) is 5.56 Å². The SMILES string of the molecule is CCC(Nc1nccc(OC)n1)c1cccc(S(N)(=O)=O)c1. The minimum Gasteiger partial charge on any atom is -0.481 e. The van der Waals surface area contributed by atoms with Crippen LogP contribution in [-0.2, 0) is 10.0 Å². The van der Waals surface area contributed by atoms with Gasteiger partial charge >= 0.3 is 0 Å². The van der Waals surface area contributed by atoms with E-state index in [0.29, 0.717) is 18.2 Å². The number of aromatic nitrogens is 2. The molecule has 1 atom stereocenters. The molecule has 8 heteroatoms. The van der Waals surface area contributed by atoms with Crippen LogP contribution in [0.25, 0.3) is 0 Å². The Balaban J connectivity index is 2.28. The molecule has 22 heavy (non-hydrogen) atoms. The van der Waals surface area contributed by atoms with E-state index >= 15 is 0 Å². The Morgan fingerprint density at radius 3 is 2.77 bits per heavy atom. The fraction of sp³-hybridized carbons (Fsp3) is 0.286. The van der Waals surface area contributed by atoms with Crippen molar-refractivity contribution in [3.63, 3.8) is 0 Å². The molecule has 2 aromatic rings. The molecule has 1 heterocycles. The van der Waals surface area contributed by atoms with E-state index in [1.165, 1.54) is 13.2 Å². The highest BCUT2D eigenvalue weighted by molar-refractivity contribution is 7.89. The lowest BCUT2D eigenvalue weighted by atomic mass is 10.1. The van der Waals surface area contributed by atoms with Crippen molar-refractivity contribution in [1.82, 2.24) is 9.97 Å². The van der Waals surface area contributed by atoms with Crippen LogP contribution < -0.4 is 15.2 Å². The van der Waals surface area contributed by atoms with Crippen LogP contribution >= 0.6 is 0 Å². The van der Waals surface area contributed by atoms with Crippen molar-refractivity contribution in [2.24, 2.45) is 5.14 Å². The van der Waals surface area contributed by atoms with Gasteiger partial charge in [-0.15, -0.1) is 0 Å². The van der Waals surface area contributed by atoms with Gasteiger partial charge in [0.15, 0.2) is 0 Å². The zero-order valence-electron chi connectivity index (χ0n) is 12.4. The molecule has 3 N–H and O–H groups in total. The van der Waals surface area contributed by atoms with Gasteiger partial charge in [0, 0.05) is 12.3 Å². The molecule has 0 bridgehead atoms. The lowest BCUT2D eigenvalue weighted by Gasteiger charge is -2.18. The van der Waals surface area contributed by atoms with Crippen molar-refractivity contribution in [1.29, 1.82) is 0 Å². The Morgan fingerprint density at radius 2 is 2.14 bits per heavy atom. The van der Waals surface area contributed by atoms with Crippen LogP contribution in [-0.4, -0.2) is 25.5 Å². The van der Waals surface area contributed by atoms with Crippen molar-refractivity contribution < 1.29 is 13.2 Å². The lowest BCUT2D eigenvalue weighted by Crippen LogP contribution is -2.15. The van der Waals surface area contributed by atoms with Gasteiger partial charge in [-0.25, -0.2) is 18.5 Å². The predicted molar refractivity (Wildman–Crippen MR) is 83.1 cm³/mol. The number of rotatable bonds is 6. The maximum Gasteiger partial charge on any atom is 0.238 e. The predicted octanol–water partition coefficient (Wildman–Crippen LogP) is 1.70. The normalized spacial score (nSPS) is 12.7. The van der Waals surface area contributed by atoms with Crippen LogP contribution in [0, 0.1) is 0 Å². The van der Waals surface area contributed by atoms with Crippen molar-refractivity contribution in [3.05, 3.63) is 42.1 Å². The van der Waals surface area contributed by atoms with E-state index in [2.05, 4.69) is 15.3 Å². The summed E-state index contributed by atoms with van der Waals surface area (Å²) in [4.78, 5) is 8.40. The molecule has 7 nitrogen and oxygen atoms in total. The van der Waals surface area contributed by atoms with Gasteiger partial charge in [0.1, 0.15) is 0 Å². The molecular weight excluding hydrogens is 304 g/mol. The summed E-state index contributed by atoms with van der Waals surface area (Å²) < 4.78 is 28.0. The second-order valence-electron chi connectivity index (χ2n) is 4.65. The van der Waals surface area contributed by atoms with Crippen LogP contribution in [0.2, 0.25) is 0 Å². The van der Waals surface area contributed by atoms with Crippen LogP contribution in [0.4, 0.5) is 5.95 Å². The molecule has 0 aliphatic heterocycles. The maximum atomic E-state index is 11.5. The third kappa shape index (κ3) is 3.92. The van der Waals surface area contributed by atoms with Gasteiger partial charge in [-0.1, -0.05) is 19.1 Å². The number of anilines is 1. The fourth-order valence-electron chi connectivity index (χ4n) is 2.01. The number of hydrogen-bond donors (Lipinski definition) is 2. The summed E-state index contributed by atoms with van der Waals surface area (Å²) in [5, 5.41) is 8.33. The van der Waals surface area contributed by atoms with Gasteiger partial charge in [0.25, 0.3) is 0 Å². The minimum absolute atomic E-state index is 0.0804. The zero-order valence-corrected chi connectivity index (χ0v) is 13.2. The highest BCUT2D eigenvalue weighted by atomic mass is 32.2. The molecule has 0 aliphatic rings. The molecule has 0 saturated carbocycles. The molecule has 0 aliphatic carbocycles. The van der Waals surface area contributed by atoms with E-state index in [1.807, 2.05) is 13.0 Å². The van der Waals surface area contributed by atoms with Gasteiger partial charge in [-0.2, -0.15) is 4.98 Å². The molecule has 1 unspecified atom stereocenters. The Hall–Kier alpha value is -2.19. The number of ether oxygens (including phenoxy) is 1. The van der Waals surface area contributed by atoms with Crippen LogP contribution in [0.5, 0.6) is 5.88 Å². The number of nitrogens with two attached hydrogens (primary N) is 1. The van der Waals surface area contributed by atoms with Gasteiger partial charge in [-0.3, -0.25) is 0 Å². The molecule has 118 valence electrons. The van der Waals surface area contributed by atoms with E-state index in [-0.39, 0.29) is 10.9 Å². The summed E-state index contributed by atoms with van der Waals surface area (Å²) in [7, 11) is -2.20. The maximum absolute atomic E-state index is 11.5. The average Bonchev–Trinajstić information content (AvgIpc) is 2.52. The first-order chi connectivity index (χ1) is 10.4. The molecule has 1 aromatic carbocycles. The van der Waals surface area contributed by atoms with Crippen LogP contribution in [0.1, 0.15) is 24.9 Å². The summed E-state index contributed by atoms with van der Waals surface area (Å²) in [6, 6.07) is 8.01. The number of nitrogens with one attached hydrogen (secondary N) is 1. The van der Waals surface area contributed by atoms with Gasteiger partial charge < -0.3 is 10.1 Å². The van der Waals surface area contributed by atoms with Gasteiger partial charge in [0.2, 0.25) is 21.9 Å². The summed E-state index contributed by atoms with van der Waals surface area (Å²) in [5.74, 6) is 0.859. The standard InChI is InChI=1S/C14H18N4O3S/c1-3-12(17-14-16-8-7-13(18-14)21-2)10-5-4-6-11(9-10)22(15,19)20/h4-9,12H,3H2,1-2H3,(H2,15,19,20)(H,16,17,18).